The van der Waals surface area contributed by atoms with Crippen molar-refractivity contribution in [2.45, 2.75) is 20.8 Å². The SMILES string of the molecule is Cc1cc(C)c(C(=N)N)c(N(C)c2ccccc2C)n1. The van der Waals surface area contributed by atoms with Crippen LogP contribution in [0.4, 0.5) is 11.5 Å². The first-order valence-electron chi connectivity index (χ1n) is 6.54. The van der Waals surface area contributed by atoms with E-state index in [0.29, 0.717) is 5.56 Å². The first kappa shape index (κ1) is 14.1. The highest BCUT2D eigenvalue weighted by atomic mass is 15.2. The molecule has 2 aromatic rings. The van der Waals surface area contributed by atoms with E-state index in [0.717, 1.165) is 28.3 Å². The van der Waals surface area contributed by atoms with E-state index < -0.39 is 0 Å². The van der Waals surface area contributed by atoms with Gasteiger partial charge < -0.3 is 10.6 Å². The normalized spacial score (nSPS) is 10.4. The highest BCUT2D eigenvalue weighted by Crippen LogP contribution is 2.29. The standard InChI is InChI=1S/C16H20N4/c1-10-7-5-6-8-13(10)20(4)16-14(15(17)18)11(2)9-12(3)19-16/h5-9H,1-4H3,(H3,17,18). The van der Waals surface area contributed by atoms with Crippen molar-refractivity contribution in [2.24, 2.45) is 5.73 Å². The van der Waals surface area contributed by atoms with Crippen molar-refractivity contribution in [1.29, 1.82) is 5.41 Å². The highest BCUT2D eigenvalue weighted by Gasteiger charge is 2.17. The molecule has 0 aliphatic rings. The van der Waals surface area contributed by atoms with Crippen LogP contribution in [0.2, 0.25) is 0 Å². The molecule has 0 fully saturated rings. The Labute approximate surface area is 119 Å². The number of pyridine rings is 1. The van der Waals surface area contributed by atoms with E-state index >= 15 is 0 Å². The van der Waals surface area contributed by atoms with E-state index in [1.54, 1.807) is 0 Å². The van der Waals surface area contributed by atoms with Crippen molar-refractivity contribution in [3.63, 3.8) is 0 Å². The fourth-order valence-corrected chi connectivity index (χ4v) is 2.45. The van der Waals surface area contributed by atoms with Gasteiger partial charge in [0.2, 0.25) is 0 Å². The molecule has 0 aliphatic heterocycles. The van der Waals surface area contributed by atoms with Gasteiger partial charge in [-0.1, -0.05) is 18.2 Å². The first-order chi connectivity index (χ1) is 9.41. The van der Waals surface area contributed by atoms with Gasteiger partial charge in [0.1, 0.15) is 11.7 Å². The number of amidine groups is 1. The Morgan fingerprint density at radius 2 is 1.80 bits per heavy atom. The third kappa shape index (κ3) is 2.50. The van der Waals surface area contributed by atoms with E-state index in [1.807, 2.05) is 50.1 Å². The number of anilines is 2. The molecule has 4 nitrogen and oxygen atoms in total. The zero-order chi connectivity index (χ0) is 14.9. The molecule has 1 aromatic carbocycles. The first-order valence-corrected chi connectivity index (χ1v) is 6.54. The lowest BCUT2D eigenvalue weighted by molar-refractivity contribution is 1.06. The molecule has 0 spiro atoms. The molecule has 1 heterocycles. The van der Waals surface area contributed by atoms with Crippen molar-refractivity contribution in [1.82, 2.24) is 4.98 Å². The molecule has 0 aliphatic carbocycles. The van der Waals surface area contributed by atoms with Crippen LogP contribution in [-0.4, -0.2) is 17.9 Å². The molecule has 0 saturated carbocycles. The summed E-state index contributed by atoms with van der Waals surface area (Å²) in [6, 6.07) is 10.1. The summed E-state index contributed by atoms with van der Waals surface area (Å²) in [4.78, 5) is 6.57. The zero-order valence-electron chi connectivity index (χ0n) is 12.4. The van der Waals surface area contributed by atoms with Gasteiger partial charge >= 0.3 is 0 Å². The van der Waals surface area contributed by atoms with Gasteiger partial charge in [-0.15, -0.1) is 0 Å². The van der Waals surface area contributed by atoms with Gasteiger partial charge in [-0.05, 0) is 44.0 Å². The molecular weight excluding hydrogens is 248 g/mol. The summed E-state index contributed by atoms with van der Waals surface area (Å²) in [5.41, 5.74) is 10.5. The number of aryl methyl sites for hydroxylation is 3. The summed E-state index contributed by atoms with van der Waals surface area (Å²) >= 11 is 0. The zero-order valence-corrected chi connectivity index (χ0v) is 12.4. The molecule has 20 heavy (non-hydrogen) atoms. The van der Waals surface area contributed by atoms with Gasteiger partial charge in [-0.2, -0.15) is 0 Å². The maximum atomic E-state index is 7.81. The van der Waals surface area contributed by atoms with Gasteiger partial charge in [-0.25, -0.2) is 4.98 Å². The van der Waals surface area contributed by atoms with Crippen LogP contribution in [0.5, 0.6) is 0 Å². The monoisotopic (exact) mass is 268 g/mol. The predicted octanol–water partition coefficient (Wildman–Crippen LogP) is 3.06. The Morgan fingerprint density at radius 3 is 2.40 bits per heavy atom. The van der Waals surface area contributed by atoms with Crippen LogP contribution < -0.4 is 10.6 Å². The van der Waals surface area contributed by atoms with Crippen molar-refractivity contribution in [2.75, 3.05) is 11.9 Å². The van der Waals surface area contributed by atoms with Crippen LogP contribution in [0, 0.1) is 26.2 Å². The van der Waals surface area contributed by atoms with Crippen LogP contribution in [0.3, 0.4) is 0 Å². The maximum absolute atomic E-state index is 7.81. The molecule has 0 radical (unpaired) electrons. The second-order valence-electron chi connectivity index (χ2n) is 5.04. The van der Waals surface area contributed by atoms with E-state index in [9.17, 15) is 0 Å². The average molecular weight is 268 g/mol. The molecular formula is C16H20N4. The second kappa shape index (κ2) is 5.33. The van der Waals surface area contributed by atoms with Gasteiger partial charge in [0.05, 0.1) is 5.56 Å². The van der Waals surface area contributed by atoms with Gasteiger partial charge in [0.15, 0.2) is 0 Å². The second-order valence-corrected chi connectivity index (χ2v) is 5.04. The third-order valence-corrected chi connectivity index (χ3v) is 3.39. The summed E-state index contributed by atoms with van der Waals surface area (Å²) in [6.45, 7) is 5.97. The fourth-order valence-electron chi connectivity index (χ4n) is 2.45. The summed E-state index contributed by atoms with van der Waals surface area (Å²) in [7, 11) is 1.95. The number of hydrogen-bond acceptors (Lipinski definition) is 3. The minimum Gasteiger partial charge on any atom is -0.384 e. The minimum atomic E-state index is 0.0467. The van der Waals surface area contributed by atoms with E-state index in [1.165, 1.54) is 0 Å². The van der Waals surface area contributed by atoms with Crippen molar-refractivity contribution < 1.29 is 0 Å². The van der Waals surface area contributed by atoms with Gasteiger partial charge in [0, 0.05) is 18.4 Å². The third-order valence-electron chi connectivity index (χ3n) is 3.39. The molecule has 104 valence electrons. The summed E-state index contributed by atoms with van der Waals surface area (Å²) in [5.74, 6) is 0.773. The van der Waals surface area contributed by atoms with Crippen LogP contribution in [0.1, 0.15) is 22.4 Å². The van der Waals surface area contributed by atoms with E-state index in [4.69, 9.17) is 11.1 Å². The topological polar surface area (TPSA) is 66.0 Å². The van der Waals surface area contributed by atoms with Crippen LogP contribution in [-0.2, 0) is 0 Å². The predicted molar refractivity (Wildman–Crippen MR) is 84.0 cm³/mol. The Morgan fingerprint density at radius 1 is 1.15 bits per heavy atom. The van der Waals surface area contributed by atoms with E-state index in [-0.39, 0.29) is 5.84 Å². The van der Waals surface area contributed by atoms with E-state index in [2.05, 4.69) is 18.0 Å². The number of para-hydroxylation sites is 1. The lowest BCUT2D eigenvalue weighted by Crippen LogP contribution is -2.22. The number of aromatic nitrogens is 1. The lowest BCUT2D eigenvalue weighted by Gasteiger charge is -2.24. The Kier molecular flexibility index (Phi) is 3.74. The number of nitrogens with one attached hydrogen (secondary N) is 1. The number of rotatable bonds is 3. The smallest absolute Gasteiger partial charge is 0.144 e. The number of nitrogens with zero attached hydrogens (tertiary/aromatic N) is 2. The molecule has 3 N–H and O–H groups in total. The lowest BCUT2D eigenvalue weighted by atomic mass is 10.1. The van der Waals surface area contributed by atoms with Gasteiger partial charge in [-0.3, -0.25) is 5.41 Å². The van der Waals surface area contributed by atoms with Crippen LogP contribution in [0.15, 0.2) is 30.3 Å². The number of benzene rings is 1. The number of hydrogen-bond donors (Lipinski definition) is 2. The van der Waals surface area contributed by atoms with Crippen LogP contribution >= 0.6 is 0 Å². The van der Waals surface area contributed by atoms with Crippen molar-refractivity contribution in [3.05, 3.63) is 52.7 Å². The minimum absolute atomic E-state index is 0.0467. The number of nitrogens with two attached hydrogens (primary N) is 1. The average Bonchev–Trinajstić information content (AvgIpc) is 2.37. The summed E-state index contributed by atoms with van der Waals surface area (Å²) < 4.78 is 0. The molecule has 0 saturated heterocycles. The molecule has 0 amide bonds. The maximum Gasteiger partial charge on any atom is 0.144 e. The quantitative estimate of drug-likeness (QED) is 0.664. The molecule has 4 heteroatoms. The fraction of sp³-hybridized carbons (Fsp3) is 0.250. The highest BCUT2D eigenvalue weighted by molar-refractivity contribution is 6.01. The van der Waals surface area contributed by atoms with Crippen LogP contribution in [0.25, 0.3) is 0 Å². The molecule has 0 bridgehead atoms. The molecule has 2 rings (SSSR count). The number of nitrogen functional groups attached to an aromatic ring is 1. The Bertz CT molecular complexity index is 662. The van der Waals surface area contributed by atoms with Crippen molar-refractivity contribution in [3.8, 4) is 0 Å². The Hall–Kier alpha value is -2.36. The van der Waals surface area contributed by atoms with Gasteiger partial charge in [0.25, 0.3) is 0 Å². The molecule has 1 aromatic heterocycles. The largest absolute Gasteiger partial charge is 0.384 e. The summed E-state index contributed by atoms with van der Waals surface area (Å²) in [5, 5.41) is 7.81. The molecule has 0 unspecified atom stereocenters. The van der Waals surface area contributed by atoms with Crippen molar-refractivity contribution >= 4 is 17.3 Å². The molecule has 0 atom stereocenters. The summed E-state index contributed by atoms with van der Waals surface area (Å²) in [6.07, 6.45) is 0. The Balaban J connectivity index is 2.63.